The van der Waals surface area contributed by atoms with E-state index < -0.39 is 29.4 Å². The summed E-state index contributed by atoms with van der Waals surface area (Å²) in [6.07, 6.45) is -0.0358. The minimum absolute atomic E-state index is 0.100. The molecular weight excluding hydrogens is 374 g/mol. The molecule has 154 valence electrons. The van der Waals surface area contributed by atoms with E-state index in [2.05, 4.69) is 23.7 Å². The summed E-state index contributed by atoms with van der Waals surface area (Å²) in [4.78, 5) is 24.0. The number of aliphatic hydroxyl groups excluding tert-OH is 2. The summed E-state index contributed by atoms with van der Waals surface area (Å²) in [5.74, 6) is 8.20. The van der Waals surface area contributed by atoms with E-state index in [9.17, 15) is 19.8 Å². The SMILES string of the molecule is CC(C)(N)[C@@H](C(=O)NO)c1cc(C#CC#C[C@H]2C[C@H](O)[C@@H]2CO)ccc1C(N)=O. The molecule has 0 bridgehead atoms. The maximum atomic E-state index is 12.2. The summed E-state index contributed by atoms with van der Waals surface area (Å²) in [5.41, 5.74) is 12.8. The Morgan fingerprint density at radius 1 is 1.34 bits per heavy atom. The molecule has 0 unspecified atom stereocenters. The number of amides is 2. The molecule has 8 nitrogen and oxygen atoms in total. The van der Waals surface area contributed by atoms with Gasteiger partial charge in [0, 0.05) is 35.1 Å². The smallest absolute Gasteiger partial charge is 0.252 e. The van der Waals surface area contributed by atoms with E-state index in [4.69, 9.17) is 16.7 Å². The maximum Gasteiger partial charge on any atom is 0.252 e. The molecule has 1 aliphatic rings. The van der Waals surface area contributed by atoms with E-state index in [1.165, 1.54) is 12.1 Å². The van der Waals surface area contributed by atoms with Crippen LogP contribution in [0.2, 0.25) is 0 Å². The van der Waals surface area contributed by atoms with Crippen LogP contribution in [0.25, 0.3) is 0 Å². The van der Waals surface area contributed by atoms with Crippen molar-refractivity contribution in [2.24, 2.45) is 23.3 Å². The Morgan fingerprint density at radius 3 is 2.55 bits per heavy atom. The molecule has 1 aromatic carbocycles. The van der Waals surface area contributed by atoms with Gasteiger partial charge in [-0.05, 0) is 55.9 Å². The zero-order valence-electron chi connectivity index (χ0n) is 16.3. The molecule has 29 heavy (non-hydrogen) atoms. The second kappa shape index (κ2) is 9.08. The highest BCUT2D eigenvalue weighted by Crippen LogP contribution is 2.33. The predicted octanol–water partition coefficient (Wildman–Crippen LogP) is -0.544. The van der Waals surface area contributed by atoms with Gasteiger partial charge < -0.3 is 21.7 Å². The average molecular weight is 399 g/mol. The van der Waals surface area contributed by atoms with Crippen molar-refractivity contribution < 1.29 is 25.0 Å². The standard InChI is InChI=1S/C21H25N3O5/c1-21(2,23)18(20(28)24-29)15-9-12(7-8-14(15)19(22)27)5-3-4-6-13-10-17(26)16(13)11-25/h7-9,13,16-18,25-26,29H,10-11,23H2,1-2H3,(H2,22,27)(H,24,28)/t13-,16+,17-,18+/m0/s1. The third-order valence-electron chi connectivity index (χ3n) is 4.99. The summed E-state index contributed by atoms with van der Waals surface area (Å²) in [7, 11) is 0. The first-order valence-electron chi connectivity index (χ1n) is 9.07. The Hall–Kier alpha value is -2.88. The molecule has 2 rings (SSSR count). The summed E-state index contributed by atoms with van der Waals surface area (Å²) in [6, 6.07) is 4.54. The van der Waals surface area contributed by atoms with E-state index >= 15 is 0 Å². The van der Waals surface area contributed by atoms with Crippen molar-refractivity contribution in [3.8, 4) is 23.7 Å². The monoisotopic (exact) mass is 399 g/mol. The van der Waals surface area contributed by atoms with Gasteiger partial charge in [0.05, 0.1) is 12.0 Å². The van der Waals surface area contributed by atoms with Crippen LogP contribution < -0.4 is 16.9 Å². The van der Waals surface area contributed by atoms with E-state index in [1.807, 2.05) is 0 Å². The second-order valence-corrected chi connectivity index (χ2v) is 7.67. The number of hydrogen-bond donors (Lipinski definition) is 6. The Morgan fingerprint density at radius 2 is 2.03 bits per heavy atom. The molecule has 0 radical (unpaired) electrons. The molecule has 0 aliphatic heterocycles. The number of rotatable bonds is 5. The molecule has 8 N–H and O–H groups in total. The minimum Gasteiger partial charge on any atom is -0.396 e. The van der Waals surface area contributed by atoms with Gasteiger partial charge in [0.15, 0.2) is 0 Å². The molecular formula is C21H25N3O5. The number of benzene rings is 1. The first-order valence-corrected chi connectivity index (χ1v) is 9.07. The van der Waals surface area contributed by atoms with Crippen molar-refractivity contribution in [2.75, 3.05) is 6.61 Å². The fraction of sp³-hybridized carbons (Fsp3) is 0.429. The molecule has 0 spiro atoms. The van der Waals surface area contributed by atoms with Crippen LogP contribution in [0, 0.1) is 35.5 Å². The van der Waals surface area contributed by atoms with Gasteiger partial charge in [-0.25, -0.2) is 5.48 Å². The summed E-state index contributed by atoms with van der Waals surface area (Å²) >= 11 is 0. The topological polar surface area (TPSA) is 159 Å². The highest BCUT2D eigenvalue weighted by molar-refractivity contribution is 5.97. The number of hydroxylamine groups is 1. The Balaban J connectivity index is 2.37. The lowest BCUT2D eigenvalue weighted by atomic mass is 9.72. The van der Waals surface area contributed by atoms with Crippen LogP contribution in [-0.2, 0) is 4.79 Å². The molecule has 4 atom stereocenters. The molecule has 2 amide bonds. The van der Waals surface area contributed by atoms with Crippen LogP contribution in [0.1, 0.15) is 47.7 Å². The molecule has 0 heterocycles. The molecule has 1 fully saturated rings. The summed E-state index contributed by atoms with van der Waals surface area (Å²) < 4.78 is 0. The van der Waals surface area contributed by atoms with Gasteiger partial charge in [-0.1, -0.05) is 11.8 Å². The van der Waals surface area contributed by atoms with Crippen molar-refractivity contribution in [1.82, 2.24) is 5.48 Å². The molecule has 0 saturated heterocycles. The van der Waals surface area contributed by atoms with Gasteiger partial charge in [0.2, 0.25) is 5.91 Å². The highest BCUT2D eigenvalue weighted by atomic mass is 16.5. The number of primary amides is 1. The number of carbonyl (C=O) groups is 2. The number of hydrogen-bond acceptors (Lipinski definition) is 6. The molecule has 1 saturated carbocycles. The summed E-state index contributed by atoms with van der Waals surface area (Å²) in [5, 5.41) is 27.8. The third kappa shape index (κ3) is 5.14. The van der Waals surface area contributed by atoms with E-state index in [0.717, 1.165) is 0 Å². The van der Waals surface area contributed by atoms with Crippen molar-refractivity contribution in [1.29, 1.82) is 0 Å². The minimum atomic E-state index is -1.10. The Labute approximate surface area is 169 Å². The second-order valence-electron chi connectivity index (χ2n) is 7.67. The van der Waals surface area contributed by atoms with Gasteiger partial charge in [-0.2, -0.15) is 0 Å². The lowest BCUT2D eigenvalue weighted by Crippen LogP contribution is -2.47. The first-order chi connectivity index (χ1) is 13.6. The van der Waals surface area contributed by atoms with E-state index in [1.54, 1.807) is 25.4 Å². The van der Waals surface area contributed by atoms with Crippen LogP contribution in [-0.4, -0.2) is 45.5 Å². The molecule has 1 aromatic rings. The quantitative estimate of drug-likeness (QED) is 0.221. The van der Waals surface area contributed by atoms with Crippen molar-refractivity contribution in [2.45, 2.75) is 37.8 Å². The number of carbonyl (C=O) groups excluding carboxylic acids is 2. The highest BCUT2D eigenvalue weighted by Gasteiger charge is 2.38. The normalized spacial score (nSPS) is 21.5. The van der Waals surface area contributed by atoms with Crippen LogP contribution in [0.5, 0.6) is 0 Å². The lowest BCUT2D eigenvalue weighted by molar-refractivity contribution is -0.132. The maximum absolute atomic E-state index is 12.2. The van der Waals surface area contributed by atoms with Crippen LogP contribution in [0.3, 0.4) is 0 Å². The number of nitrogens with one attached hydrogen (secondary N) is 1. The lowest BCUT2D eigenvalue weighted by Gasteiger charge is -2.37. The van der Waals surface area contributed by atoms with Crippen LogP contribution in [0.4, 0.5) is 0 Å². The van der Waals surface area contributed by atoms with E-state index in [0.29, 0.717) is 12.0 Å². The van der Waals surface area contributed by atoms with Crippen molar-refractivity contribution in [3.63, 3.8) is 0 Å². The van der Waals surface area contributed by atoms with Crippen molar-refractivity contribution in [3.05, 3.63) is 34.9 Å². The molecule has 8 heteroatoms. The number of nitrogens with two attached hydrogens (primary N) is 2. The zero-order valence-corrected chi connectivity index (χ0v) is 16.3. The fourth-order valence-electron chi connectivity index (χ4n) is 3.38. The van der Waals surface area contributed by atoms with E-state index in [-0.39, 0.29) is 29.6 Å². The zero-order chi connectivity index (χ0) is 21.8. The van der Waals surface area contributed by atoms with Gasteiger partial charge in [0.25, 0.3) is 5.91 Å². The summed E-state index contributed by atoms with van der Waals surface area (Å²) in [6.45, 7) is 3.05. The Bertz CT molecular complexity index is 914. The fourth-order valence-corrected chi connectivity index (χ4v) is 3.38. The molecule has 0 aromatic heterocycles. The predicted molar refractivity (Wildman–Crippen MR) is 105 cm³/mol. The largest absolute Gasteiger partial charge is 0.396 e. The van der Waals surface area contributed by atoms with Gasteiger partial charge in [0.1, 0.15) is 0 Å². The van der Waals surface area contributed by atoms with Crippen molar-refractivity contribution >= 4 is 11.8 Å². The van der Waals surface area contributed by atoms with Gasteiger partial charge in [-0.3, -0.25) is 14.8 Å². The number of aliphatic hydroxyl groups is 2. The van der Waals surface area contributed by atoms with Crippen LogP contribution in [0.15, 0.2) is 18.2 Å². The Kier molecular flexibility index (Phi) is 7.02. The molecule has 1 aliphatic carbocycles. The average Bonchev–Trinajstić information content (AvgIpc) is 2.63. The van der Waals surface area contributed by atoms with Gasteiger partial charge in [-0.15, -0.1) is 0 Å². The first kappa shape index (κ1) is 22.4. The third-order valence-corrected chi connectivity index (χ3v) is 4.99. The van der Waals surface area contributed by atoms with Crippen LogP contribution >= 0.6 is 0 Å². The van der Waals surface area contributed by atoms with Gasteiger partial charge >= 0.3 is 0 Å².